The average Bonchev–Trinajstić information content (AvgIpc) is 2.97. The second-order valence-electron chi connectivity index (χ2n) is 6.02. The number of halogens is 2. The standard InChI is InChI=1S/C14H13F2N5O4S2/c1-14(2,3)25-13(22)21(11-6-26-7-18-11)27(23,24)12-9(15)4-8(19-20-17)5-10(12)16/h4-7H,1-3H3. The Kier molecular flexibility index (Phi) is 5.68. The fourth-order valence-corrected chi connectivity index (χ4v) is 3.88. The van der Waals surface area contributed by atoms with E-state index in [4.69, 9.17) is 10.3 Å². The van der Waals surface area contributed by atoms with Crippen molar-refractivity contribution in [3.63, 3.8) is 0 Å². The van der Waals surface area contributed by atoms with E-state index in [0.29, 0.717) is 12.1 Å². The lowest BCUT2D eigenvalue weighted by Gasteiger charge is -2.25. The van der Waals surface area contributed by atoms with Gasteiger partial charge >= 0.3 is 6.09 Å². The first-order valence-corrected chi connectivity index (χ1v) is 9.56. The molecule has 0 fully saturated rings. The van der Waals surface area contributed by atoms with Crippen molar-refractivity contribution in [3.05, 3.63) is 45.1 Å². The van der Waals surface area contributed by atoms with E-state index < -0.39 is 43.9 Å². The number of rotatable bonds is 4. The SMILES string of the molecule is CC(C)(C)OC(=O)N(c1cscn1)S(=O)(=O)c1c(F)cc(N=[N+]=[N-])cc1F. The molecule has 0 bridgehead atoms. The number of hydrogen-bond acceptors (Lipinski definition) is 7. The summed E-state index contributed by atoms with van der Waals surface area (Å²) < 4.78 is 59.5. The first kappa shape index (κ1) is 20.6. The first-order chi connectivity index (χ1) is 12.5. The van der Waals surface area contributed by atoms with Gasteiger partial charge < -0.3 is 4.74 Å². The van der Waals surface area contributed by atoms with Gasteiger partial charge in [-0.05, 0) is 38.4 Å². The summed E-state index contributed by atoms with van der Waals surface area (Å²) in [7, 11) is -5.07. The highest BCUT2D eigenvalue weighted by atomic mass is 32.2. The molecule has 2 aromatic rings. The maximum Gasteiger partial charge on any atom is 0.430 e. The molecule has 144 valence electrons. The number of thiazole rings is 1. The van der Waals surface area contributed by atoms with Crippen molar-refractivity contribution in [3.8, 4) is 0 Å². The number of ether oxygens (including phenoxy) is 1. The van der Waals surface area contributed by atoms with E-state index in [-0.39, 0.29) is 10.1 Å². The van der Waals surface area contributed by atoms with Gasteiger partial charge in [0.2, 0.25) is 0 Å². The predicted molar refractivity (Wildman–Crippen MR) is 93.2 cm³/mol. The average molecular weight is 417 g/mol. The number of sulfonamides is 1. The Balaban J connectivity index is 2.65. The first-order valence-electron chi connectivity index (χ1n) is 7.18. The topological polar surface area (TPSA) is 125 Å². The Bertz CT molecular complexity index is 990. The van der Waals surface area contributed by atoms with Crippen LogP contribution in [0.25, 0.3) is 10.4 Å². The molecule has 0 saturated heterocycles. The van der Waals surface area contributed by atoms with Gasteiger partial charge in [-0.15, -0.1) is 15.6 Å². The van der Waals surface area contributed by atoms with Crippen LogP contribution in [0.4, 0.5) is 25.1 Å². The molecule has 1 aromatic carbocycles. The van der Waals surface area contributed by atoms with Crippen LogP contribution in [0.1, 0.15) is 20.8 Å². The molecular formula is C14H13F2N5O4S2. The van der Waals surface area contributed by atoms with E-state index in [1.807, 2.05) is 0 Å². The minimum atomic E-state index is -5.07. The van der Waals surface area contributed by atoms with E-state index in [9.17, 15) is 22.0 Å². The Morgan fingerprint density at radius 1 is 1.33 bits per heavy atom. The molecule has 0 aliphatic rings. The third-order valence-electron chi connectivity index (χ3n) is 2.83. The minimum absolute atomic E-state index is 0.0729. The lowest BCUT2D eigenvalue weighted by atomic mass is 10.2. The largest absolute Gasteiger partial charge is 0.443 e. The van der Waals surface area contributed by atoms with E-state index in [0.717, 1.165) is 11.3 Å². The molecule has 0 atom stereocenters. The van der Waals surface area contributed by atoms with Crippen LogP contribution in [0.15, 0.2) is 33.0 Å². The molecule has 9 nitrogen and oxygen atoms in total. The highest BCUT2D eigenvalue weighted by Gasteiger charge is 2.39. The molecule has 0 unspecified atom stereocenters. The molecular weight excluding hydrogens is 404 g/mol. The fraction of sp³-hybridized carbons (Fsp3) is 0.286. The van der Waals surface area contributed by atoms with Crippen molar-refractivity contribution in [2.24, 2.45) is 5.11 Å². The van der Waals surface area contributed by atoms with Gasteiger partial charge in [0, 0.05) is 16.0 Å². The monoisotopic (exact) mass is 417 g/mol. The van der Waals surface area contributed by atoms with Crippen molar-refractivity contribution >= 4 is 39.0 Å². The number of amides is 1. The summed E-state index contributed by atoms with van der Waals surface area (Å²) in [5.74, 6) is -3.46. The van der Waals surface area contributed by atoms with E-state index in [1.54, 1.807) is 0 Å². The fourth-order valence-electron chi connectivity index (χ4n) is 1.92. The molecule has 0 spiro atoms. The summed E-state index contributed by atoms with van der Waals surface area (Å²) in [6, 6.07) is 1.06. The predicted octanol–water partition coefficient (Wildman–Crippen LogP) is 4.49. The molecule has 0 saturated carbocycles. The molecule has 0 aliphatic heterocycles. The van der Waals surface area contributed by atoms with Crippen LogP contribution in [-0.4, -0.2) is 25.1 Å². The third kappa shape index (κ3) is 4.51. The highest BCUT2D eigenvalue weighted by Crippen LogP contribution is 2.31. The molecule has 2 rings (SSSR count). The molecule has 1 aromatic heterocycles. The second kappa shape index (κ2) is 7.47. The van der Waals surface area contributed by atoms with Gasteiger partial charge in [-0.1, -0.05) is 5.11 Å². The molecule has 0 aliphatic carbocycles. The van der Waals surface area contributed by atoms with Crippen LogP contribution < -0.4 is 4.31 Å². The lowest BCUT2D eigenvalue weighted by molar-refractivity contribution is 0.0608. The molecule has 1 heterocycles. The molecule has 0 N–H and O–H groups in total. The zero-order valence-electron chi connectivity index (χ0n) is 14.3. The lowest BCUT2D eigenvalue weighted by Crippen LogP contribution is -2.41. The Morgan fingerprint density at radius 2 is 1.93 bits per heavy atom. The number of nitrogens with zero attached hydrogens (tertiary/aromatic N) is 5. The number of carbonyl (C=O) groups excluding carboxylic acids is 1. The zero-order chi connectivity index (χ0) is 20.4. The summed E-state index contributed by atoms with van der Waals surface area (Å²) in [4.78, 5) is 17.1. The van der Waals surface area contributed by atoms with Gasteiger partial charge in [-0.3, -0.25) is 0 Å². The number of benzene rings is 1. The van der Waals surface area contributed by atoms with E-state index in [1.165, 1.54) is 31.7 Å². The van der Waals surface area contributed by atoms with Gasteiger partial charge in [0.05, 0.1) is 5.51 Å². The number of hydrogen-bond donors (Lipinski definition) is 0. The minimum Gasteiger partial charge on any atom is -0.443 e. The highest BCUT2D eigenvalue weighted by molar-refractivity contribution is 7.93. The summed E-state index contributed by atoms with van der Waals surface area (Å²) in [5, 5.41) is 4.22. The summed E-state index contributed by atoms with van der Waals surface area (Å²) in [5.41, 5.74) is 8.03. The van der Waals surface area contributed by atoms with Crippen LogP contribution in [0.2, 0.25) is 0 Å². The van der Waals surface area contributed by atoms with Gasteiger partial charge in [-0.25, -0.2) is 27.0 Å². The number of anilines is 1. The van der Waals surface area contributed by atoms with Gasteiger partial charge in [0.1, 0.15) is 17.2 Å². The van der Waals surface area contributed by atoms with Crippen LogP contribution in [0.5, 0.6) is 0 Å². The zero-order valence-corrected chi connectivity index (χ0v) is 15.9. The Hall–Kier alpha value is -2.76. The Morgan fingerprint density at radius 3 is 2.37 bits per heavy atom. The van der Waals surface area contributed by atoms with Crippen molar-refractivity contribution in [2.45, 2.75) is 31.3 Å². The van der Waals surface area contributed by atoms with Crippen LogP contribution in [-0.2, 0) is 14.8 Å². The molecule has 13 heteroatoms. The van der Waals surface area contributed by atoms with E-state index >= 15 is 0 Å². The maximum absolute atomic E-state index is 14.3. The Labute approximate surface area is 156 Å². The van der Waals surface area contributed by atoms with Gasteiger partial charge in [0.15, 0.2) is 10.7 Å². The molecule has 1 amide bonds. The normalized spacial score (nSPS) is 11.6. The molecule has 27 heavy (non-hydrogen) atoms. The van der Waals surface area contributed by atoms with Crippen molar-refractivity contribution in [2.75, 3.05) is 4.31 Å². The molecule has 0 radical (unpaired) electrons. The summed E-state index contributed by atoms with van der Waals surface area (Å²) >= 11 is 0.964. The summed E-state index contributed by atoms with van der Waals surface area (Å²) in [6.07, 6.45) is -1.38. The number of azide groups is 1. The quantitative estimate of drug-likeness (QED) is 0.411. The van der Waals surface area contributed by atoms with Crippen LogP contribution >= 0.6 is 11.3 Å². The van der Waals surface area contributed by atoms with Crippen molar-refractivity contribution in [1.29, 1.82) is 0 Å². The third-order valence-corrected chi connectivity index (χ3v) is 5.13. The van der Waals surface area contributed by atoms with E-state index in [2.05, 4.69) is 15.0 Å². The number of carbonyl (C=O) groups is 1. The second-order valence-corrected chi connectivity index (χ2v) is 8.47. The maximum atomic E-state index is 14.3. The van der Waals surface area contributed by atoms with Gasteiger partial charge in [0.25, 0.3) is 10.0 Å². The van der Waals surface area contributed by atoms with Crippen LogP contribution in [0.3, 0.4) is 0 Å². The van der Waals surface area contributed by atoms with Gasteiger partial charge in [-0.2, -0.15) is 0 Å². The smallest absolute Gasteiger partial charge is 0.430 e. The van der Waals surface area contributed by atoms with Crippen molar-refractivity contribution in [1.82, 2.24) is 4.98 Å². The summed E-state index contributed by atoms with van der Waals surface area (Å²) in [6.45, 7) is 4.48. The van der Waals surface area contributed by atoms with Crippen LogP contribution in [0, 0.1) is 11.6 Å². The number of aromatic nitrogens is 1. The van der Waals surface area contributed by atoms with Crippen molar-refractivity contribution < 1.29 is 26.7 Å².